The number of anilines is 1. The summed E-state index contributed by atoms with van der Waals surface area (Å²) >= 11 is 5.68. The van der Waals surface area contributed by atoms with E-state index in [2.05, 4.69) is 5.32 Å². The van der Waals surface area contributed by atoms with Crippen molar-refractivity contribution >= 4 is 39.1 Å². The summed E-state index contributed by atoms with van der Waals surface area (Å²) in [6, 6.07) is 8.84. The van der Waals surface area contributed by atoms with Crippen LogP contribution in [0.25, 0.3) is 0 Å². The van der Waals surface area contributed by atoms with E-state index in [9.17, 15) is 31.2 Å². The lowest BCUT2D eigenvalue weighted by molar-refractivity contribution is -0.139. The molecule has 0 aliphatic rings. The first kappa shape index (κ1) is 30.4. The van der Waals surface area contributed by atoms with Crippen LogP contribution in [0.5, 0.6) is 0 Å². The van der Waals surface area contributed by atoms with E-state index >= 15 is 0 Å². The highest BCUT2D eigenvalue weighted by atomic mass is 35.5. The summed E-state index contributed by atoms with van der Waals surface area (Å²) in [4.78, 5) is 27.5. The molecule has 0 heterocycles. The molecule has 204 valence electrons. The zero-order valence-corrected chi connectivity index (χ0v) is 22.7. The minimum atomic E-state index is -4.83. The van der Waals surface area contributed by atoms with Crippen LogP contribution < -0.4 is 9.62 Å². The van der Waals surface area contributed by atoms with Gasteiger partial charge in [-0.2, -0.15) is 13.2 Å². The van der Waals surface area contributed by atoms with Crippen molar-refractivity contribution in [2.24, 2.45) is 0 Å². The van der Waals surface area contributed by atoms with Crippen molar-refractivity contribution in [2.75, 3.05) is 23.7 Å². The first-order valence-corrected chi connectivity index (χ1v) is 13.9. The number of hydrogen-bond donors (Lipinski definition) is 1. The molecule has 1 N–H and O–H groups in total. The second-order valence-corrected chi connectivity index (χ2v) is 11.0. The molecule has 1 atom stereocenters. The van der Waals surface area contributed by atoms with Crippen LogP contribution in [0.2, 0.25) is 5.02 Å². The van der Waals surface area contributed by atoms with Gasteiger partial charge in [0.05, 0.1) is 22.5 Å². The van der Waals surface area contributed by atoms with Gasteiger partial charge in [0.1, 0.15) is 12.6 Å². The van der Waals surface area contributed by atoms with Crippen LogP contribution in [0.1, 0.15) is 43.4 Å². The van der Waals surface area contributed by atoms with Crippen LogP contribution in [-0.2, 0) is 32.3 Å². The Morgan fingerprint density at radius 3 is 2.35 bits per heavy atom. The molecule has 0 aliphatic carbocycles. The zero-order chi connectivity index (χ0) is 28.0. The molecule has 0 aliphatic heterocycles. The number of rotatable bonds is 11. The maximum absolute atomic E-state index is 13.5. The van der Waals surface area contributed by atoms with Gasteiger partial charge in [-0.1, -0.05) is 49.2 Å². The highest BCUT2D eigenvalue weighted by Crippen LogP contribution is 2.37. The first-order chi connectivity index (χ1) is 17.2. The third-order valence-electron chi connectivity index (χ3n) is 5.82. The highest BCUT2D eigenvalue weighted by Gasteiger charge is 2.35. The number of benzene rings is 2. The number of aryl methyl sites for hydroxylation is 1. The van der Waals surface area contributed by atoms with Crippen LogP contribution in [-0.4, -0.2) is 50.5 Å². The van der Waals surface area contributed by atoms with Gasteiger partial charge in [-0.15, -0.1) is 0 Å². The number of carbonyl (C=O) groups is 2. The van der Waals surface area contributed by atoms with Gasteiger partial charge in [0.2, 0.25) is 21.8 Å². The van der Waals surface area contributed by atoms with Gasteiger partial charge >= 0.3 is 6.18 Å². The van der Waals surface area contributed by atoms with E-state index in [4.69, 9.17) is 11.6 Å². The lowest BCUT2D eigenvalue weighted by Crippen LogP contribution is -2.51. The molecule has 0 bridgehead atoms. The Bertz CT molecular complexity index is 1220. The van der Waals surface area contributed by atoms with Gasteiger partial charge in [0, 0.05) is 13.1 Å². The second-order valence-electron chi connectivity index (χ2n) is 8.70. The fraction of sp³-hybridized carbons (Fsp3) is 0.440. The molecule has 2 amide bonds. The Kier molecular flexibility index (Phi) is 10.4. The van der Waals surface area contributed by atoms with Crippen LogP contribution in [0.4, 0.5) is 18.9 Å². The van der Waals surface area contributed by atoms with Gasteiger partial charge in [0.15, 0.2) is 0 Å². The van der Waals surface area contributed by atoms with Crippen molar-refractivity contribution in [3.8, 4) is 0 Å². The minimum absolute atomic E-state index is 0.000107. The van der Waals surface area contributed by atoms with E-state index < -0.39 is 51.2 Å². The molecule has 2 aromatic carbocycles. The second kappa shape index (κ2) is 12.6. The number of amides is 2. The molecular weight excluding hydrogens is 531 g/mol. The average Bonchev–Trinajstić information content (AvgIpc) is 2.80. The summed E-state index contributed by atoms with van der Waals surface area (Å²) in [6.07, 6.45) is -2.45. The molecule has 0 saturated heterocycles. The largest absolute Gasteiger partial charge is 0.417 e. The van der Waals surface area contributed by atoms with E-state index in [1.54, 1.807) is 12.1 Å². The van der Waals surface area contributed by atoms with Gasteiger partial charge in [-0.25, -0.2) is 8.42 Å². The van der Waals surface area contributed by atoms with Gasteiger partial charge in [-0.3, -0.25) is 13.9 Å². The molecule has 0 saturated carbocycles. The predicted molar refractivity (Wildman–Crippen MR) is 138 cm³/mol. The Balaban J connectivity index is 2.46. The molecule has 2 rings (SSSR count). The maximum atomic E-state index is 13.5. The molecule has 0 spiro atoms. The van der Waals surface area contributed by atoms with Gasteiger partial charge in [0.25, 0.3) is 0 Å². The minimum Gasteiger partial charge on any atom is -0.354 e. The molecule has 0 fully saturated rings. The van der Waals surface area contributed by atoms with Gasteiger partial charge < -0.3 is 10.2 Å². The average molecular weight is 562 g/mol. The van der Waals surface area contributed by atoms with Crippen molar-refractivity contribution in [2.45, 2.75) is 52.4 Å². The third kappa shape index (κ3) is 8.36. The van der Waals surface area contributed by atoms with Crippen LogP contribution >= 0.6 is 11.6 Å². The highest BCUT2D eigenvalue weighted by molar-refractivity contribution is 7.92. The Morgan fingerprint density at radius 1 is 1.14 bits per heavy atom. The number of hydrogen-bond acceptors (Lipinski definition) is 4. The molecule has 2 aromatic rings. The Hall–Kier alpha value is -2.79. The summed E-state index contributed by atoms with van der Waals surface area (Å²) in [5.74, 6) is -1.18. The van der Waals surface area contributed by atoms with Crippen molar-refractivity contribution < 1.29 is 31.2 Å². The lowest BCUT2D eigenvalue weighted by atomic mass is 10.1. The molecule has 0 radical (unpaired) electrons. The Morgan fingerprint density at radius 2 is 1.78 bits per heavy atom. The predicted octanol–water partition coefficient (Wildman–Crippen LogP) is 4.77. The normalized spacial score (nSPS) is 12.6. The van der Waals surface area contributed by atoms with Crippen molar-refractivity contribution in [1.82, 2.24) is 10.2 Å². The SMILES string of the molecule is CCCCNC(=O)[C@@H](C)N(Cc1ccccc1C)C(=O)CN(c1ccc(Cl)c(C(F)(F)F)c1)S(C)(=O)=O. The smallest absolute Gasteiger partial charge is 0.354 e. The van der Waals surface area contributed by atoms with Crippen LogP contribution in [0.3, 0.4) is 0 Å². The summed E-state index contributed by atoms with van der Waals surface area (Å²) in [7, 11) is -4.19. The van der Waals surface area contributed by atoms with Crippen molar-refractivity contribution in [1.29, 1.82) is 0 Å². The topological polar surface area (TPSA) is 86.8 Å². The summed E-state index contributed by atoms with van der Waals surface area (Å²) in [5.41, 5.74) is -0.0103. The Labute approximate surface area is 220 Å². The van der Waals surface area contributed by atoms with E-state index in [1.807, 2.05) is 26.0 Å². The number of nitrogens with one attached hydrogen (secondary N) is 1. The number of alkyl halides is 3. The quantitative estimate of drug-likeness (QED) is 0.401. The van der Waals surface area contributed by atoms with Crippen LogP contribution in [0, 0.1) is 6.92 Å². The summed E-state index contributed by atoms with van der Waals surface area (Å²) in [5, 5.41) is 2.16. The molecule has 7 nitrogen and oxygen atoms in total. The molecule has 0 aromatic heterocycles. The third-order valence-corrected chi connectivity index (χ3v) is 7.29. The van der Waals surface area contributed by atoms with E-state index in [0.717, 1.165) is 42.4 Å². The zero-order valence-electron chi connectivity index (χ0n) is 21.1. The monoisotopic (exact) mass is 561 g/mol. The summed E-state index contributed by atoms with van der Waals surface area (Å²) < 4.78 is 66.0. The maximum Gasteiger partial charge on any atom is 0.417 e. The van der Waals surface area contributed by atoms with E-state index in [1.165, 1.54) is 11.8 Å². The van der Waals surface area contributed by atoms with Crippen molar-refractivity contribution in [3.63, 3.8) is 0 Å². The number of halogens is 4. The first-order valence-electron chi connectivity index (χ1n) is 11.6. The van der Waals surface area contributed by atoms with E-state index in [-0.39, 0.29) is 12.2 Å². The van der Waals surface area contributed by atoms with Crippen LogP contribution in [0.15, 0.2) is 42.5 Å². The van der Waals surface area contributed by atoms with E-state index in [0.29, 0.717) is 16.9 Å². The van der Waals surface area contributed by atoms with Crippen molar-refractivity contribution in [3.05, 3.63) is 64.2 Å². The number of nitrogens with zero attached hydrogens (tertiary/aromatic N) is 2. The number of sulfonamides is 1. The molecular formula is C25H31ClF3N3O4S. The fourth-order valence-corrected chi connectivity index (χ4v) is 4.66. The molecule has 12 heteroatoms. The number of unbranched alkanes of at least 4 members (excludes halogenated alkanes) is 1. The molecule has 0 unspecified atom stereocenters. The number of carbonyl (C=O) groups excluding carboxylic acids is 2. The fourth-order valence-electron chi connectivity index (χ4n) is 3.59. The van der Waals surface area contributed by atoms with Gasteiger partial charge in [-0.05, 0) is 49.6 Å². The standard InChI is InChI=1S/C25H31ClF3N3O4S/c1-5-6-13-30-24(34)18(3)31(15-19-10-8-7-9-17(19)2)23(33)16-32(37(4,35)36)20-11-12-22(26)21(14-20)25(27,28)29/h7-12,14,18H,5-6,13,15-16H2,1-4H3,(H,30,34)/t18-/m1/s1. The lowest BCUT2D eigenvalue weighted by Gasteiger charge is -2.32. The molecule has 37 heavy (non-hydrogen) atoms. The summed E-state index contributed by atoms with van der Waals surface area (Å²) in [6.45, 7) is 4.92.